The Labute approximate surface area is 232 Å². The molecule has 0 aromatic heterocycles. The van der Waals surface area contributed by atoms with Gasteiger partial charge in [-0.1, -0.05) is 35.5 Å². The molecular weight excluding hydrogens is 551 g/mol. The number of carbonyl (C=O) groups is 2. The number of nitriles is 1. The molecule has 0 aliphatic carbocycles. The lowest BCUT2D eigenvalue weighted by molar-refractivity contribution is -0.137. The van der Waals surface area contributed by atoms with Crippen molar-refractivity contribution in [3.8, 4) is 11.8 Å². The van der Waals surface area contributed by atoms with Crippen LogP contribution in [0.25, 0.3) is 0 Å². The number of alkyl halides is 3. The number of aryl methyl sites for hydroxylation is 1. The summed E-state index contributed by atoms with van der Waals surface area (Å²) in [5.74, 6) is -0.715. The number of anilines is 2. The summed E-state index contributed by atoms with van der Waals surface area (Å²) in [5.41, 5.74) is 0.625. The first-order valence-corrected chi connectivity index (χ1v) is 12.8. The van der Waals surface area contributed by atoms with Crippen molar-refractivity contribution >= 4 is 46.6 Å². The highest BCUT2D eigenvalue weighted by Crippen LogP contribution is 2.43. The molecule has 2 amide bonds. The number of nitrogens with one attached hydrogen (secondary N) is 1. The summed E-state index contributed by atoms with van der Waals surface area (Å²) in [5, 5.41) is 11.8. The summed E-state index contributed by atoms with van der Waals surface area (Å²) in [6.45, 7) is 1.85. The number of thioether (sulfide) groups is 1. The van der Waals surface area contributed by atoms with Crippen LogP contribution in [0.4, 0.5) is 24.5 Å². The van der Waals surface area contributed by atoms with Crippen molar-refractivity contribution in [2.24, 2.45) is 0 Å². The highest BCUT2D eigenvalue weighted by atomic mass is 35.5. The number of ether oxygens (including phenoxy) is 1. The molecule has 1 N–H and O–H groups in total. The zero-order chi connectivity index (χ0) is 28.3. The molecule has 0 bridgehead atoms. The van der Waals surface area contributed by atoms with Gasteiger partial charge in [-0.2, -0.15) is 18.4 Å². The van der Waals surface area contributed by atoms with Gasteiger partial charge in [0, 0.05) is 16.4 Å². The first-order chi connectivity index (χ1) is 18.5. The third-order valence-electron chi connectivity index (χ3n) is 5.89. The van der Waals surface area contributed by atoms with Gasteiger partial charge in [0.1, 0.15) is 22.4 Å². The first-order valence-electron chi connectivity index (χ1n) is 11.5. The fourth-order valence-corrected chi connectivity index (χ4v) is 5.47. The maximum Gasteiger partial charge on any atom is 0.416 e. The Kier molecular flexibility index (Phi) is 8.23. The molecule has 0 radical (unpaired) electrons. The summed E-state index contributed by atoms with van der Waals surface area (Å²) in [4.78, 5) is 28.1. The third kappa shape index (κ3) is 6.21. The van der Waals surface area contributed by atoms with Crippen molar-refractivity contribution in [3.05, 3.63) is 99.0 Å². The maximum absolute atomic E-state index is 13.6. The van der Waals surface area contributed by atoms with E-state index in [2.05, 4.69) is 5.32 Å². The molecule has 1 unspecified atom stereocenters. The van der Waals surface area contributed by atoms with E-state index in [0.29, 0.717) is 17.1 Å². The number of rotatable bonds is 6. The first kappa shape index (κ1) is 28.1. The van der Waals surface area contributed by atoms with Gasteiger partial charge in [-0.3, -0.25) is 14.5 Å². The minimum absolute atomic E-state index is 0.0610. The summed E-state index contributed by atoms with van der Waals surface area (Å²) in [6, 6.07) is 18.2. The summed E-state index contributed by atoms with van der Waals surface area (Å²) >= 11 is 7.12. The molecule has 1 heterocycles. The molecule has 3 aromatic rings. The van der Waals surface area contributed by atoms with Crippen LogP contribution in [0.2, 0.25) is 5.02 Å². The monoisotopic (exact) mass is 571 g/mol. The van der Waals surface area contributed by atoms with Crippen LogP contribution in [0.3, 0.4) is 0 Å². The van der Waals surface area contributed by atoms with E-state index >= 15 is 0 Å². The molecule has 1 aliphatic heterocycles. The standard InChI is InChI=1S/C28H21ClF3N3O3S/c1-16-4-3-5-19(12-16)34-25(36)22(15-33)27-35(20-7-9-21(38-2)10-8-20)26(37)24(39-27)14-17-13-18(28(30,31)32)6-11-23(17)29/h3-13,24H,14H2,1-2H3,(H,34,36)/b27-22-. The Bertz CT molecular complexity index is 1500. The van der Waals surface area contributed by atoms with E-state index in [1.165, 1.54) is 12.0 Å². The van der Waals surface area contributed by atoms with Crippen LogP contribution in [0.15, 0.2) is 77.3 Å². The zero-order valence-electron chi connectivity index (χ0n) is 20.7. The summed E-state index contributed by atoms with van der Waals surface area (Å²) in [7, 11) is 1.48. The molecule has 6 nitrogen and oxygen atoms in total. The number of hydrogen-bond acceptors (Lipinski definition) is 5. The summed E-state index contributed by atoms with van der Waals surface area (Å²) in [6.07, 6.45) is -4.74. The maximum atomic E-state index is 13.6. The van der Waals surface area contributed by atoms with Gasteiger partial charge in [0.15, 0.2) is 0 Å². The van der Waals surface area contributed by atoms with Crippen LogP contribution in [0, 0.1) is 18.3 Å². The van der Waals surface area contributed by atoms with Crippen LogP contribution in [0.5, 0.6) is 5.75 Å². The molecule has 1 fully saturated rings. The lowest BCUT2D eigenvalue weighted by Crippen LogP contribution is -2.31. The van der Waals surface area contributed by atoms with Gasteiger partial charge < -0.3 is 10.1 Å². The van der Waals surface area contributed by atoms with Crippen LogP contribution in [0.1, 0.15) is 16.7 Å². The molecule has 0 spiro atoms. The van der Waals surface area contributed by atoms with E-state index in [1.54, 1.807) is 42.5 Å². The predicted octanol–water partition coefficient (Wildman–Crippen LogP) is 6.74. The molecule has 39 heavy (non-hydrogen) atoms. The van der Waals surface area contributed by atoms with Crippen molar-refractivity contribution in [1.82, 2.24) is 0 Å². The highest BCUT2D eigenvalue weighted by molar-refractivity contribution is 8.05. The number of benzene rings is 3. The van der Waals surface area contributed by atoms with Gasteiger partial charge in [-0.25, -0.2) is 0 Å². The van der Waals surface area contributed by atoms with E-state index in [4.69, 9.17) is 16.3 Å². The predicted molar refractivity (Wildman–Crippen MR) is 144 cm³/mol. The van der Waals surface area contributed by atoms with Crippen LogP contribution < -0.4 is 15.0 Å². The Hall–Kier alpha value is -3.94. The van der Waals surface area contributed by atoms with Crippen LogP contribution >= 0.6 is 23.4 Å². The van der Waals surface area contributed by atoms with Crippen LogP contribution in [-0.4, -0.2) is 24.2 Å². The minimum Gasteiger partial charge on any atom is -0.497 e. The fourth-order valence-electron chi connectivity index (χ4n) is 3.98. The largest absolute Gasteiger partial charge is 0.497 e. The van der Waals surface area contributed by atoms with Crippen molar-refractivity contribution in [2.45, 2.75) is 24.8 Å². The fraction of sp³-hybridized carbons (Fsp3) is 0.179. The van der Waals surface area contributed by atoms with E-state index in [9.17, 15) is 28.0 Å². The number of carbonyl (C=O) groups excluding carboxylic acids is 2. The Balaban J connectivity index is 1.75. The van der Waals surface area contributed by atoms with Gasteiger partial charge in [-0.15, -0.1) is 0 Å². The Morgan fingerprint density at radius 3 is 2.49 bits per heavy atom. The van der Waals surface area contributed by atoms with Crippen LogP contribution in [-0.2, 0) is 22.2 Å². The van der Waals surface area contributed by atoms with Crippen molar-refractivity contribution in [3.63, 3.8) is 0 Å². The van der Waals surface area contributed by atoms with Gasteiger partial charge >= 0.3 is 6.18 Å². The minimum atomic E-state index is -4.59. The lowest BCUT2D eigenvalue weighted by atomic mass is 10.0. The van der Waals surface area contributed by atoms with Crippen molar-refractivity contribution in [1.29, 1.82) is 5.26 Å². The molecule has 11 heteroatoms. The Morgan fingerprint density at radius 2 is 1.87 bits per heavy atom. The van der Waals surface area contributed by atoms with Gasteiger partial charge in [0.25, 0.3) is 5.91 Å². The molecule has 4 rings (SSSR count). The molecule has 200 valence electrons. The average Bonchev–Trinajstić information content (AvgIpc) is 3.20. The second-order valence-electron chi connectivity index (χ2n) is 8.60. The average molecular weight is 572 g/mol. The molecule has 0 saturated carbocycles. The topological polar surface area (TPSA) is 82.4 Å². The number of halogens is 4. The summed E-state index contributed by atoms with van der Waals surface area (Å²) < 4.78 is 45.1. The number of nitrogens with zero attached hydrogens (tertiary/aromatic N) is 2. The highest BCUT2D eigenvalue weighted by Gasteiger charge is 2.41. The SMILES string of the molecule is COc1ccc(N2C(=O)C(Cc3cc(C(F)(F)F)ccc3Cl)S/C2=C(/C#N)C(=O)Nc2cccc(C)c2)cc1. The lowest BCUT2D eigenvalue weighted by Gasteiger charge is -2.19. The quantitative estimate of drug-likeness (QED) is 0.262. The van der Waals surface area contributed by atoms with E-state index in [-0.39, 0.29) is 27.6 Å². The molecule has 1 atom stereocenters. The molecule has 1 aliphatic rings. The van der Waals surface area contributed by atoms with E-state index < -0.39 is 28.8 Å². The van der Waals surface area contributed by atoms with E-state index in [1.807, 2.05) is 19.1 Å². The third-order valence-corrected chi connectivity index (χ3v) is 7.52. The molecular formula is C28H21ClF3N3O3S. The molecule has 1 saturated heterocycles. The molecule has 3 aromatic carbocycles. The van der Waals surface area contributed by atoms with Crippen molar-refractivity contribution in [2.75, 3.05) is 17.3 Å². The normalized spacial score (nSPS) is 16.6. The van der Waals surface area contributed by atoms with Crippen molar-refractivity contribution < 1.29 is 27.5 Å². The Morgan fingerprint density at radius 1 is 1.15 bits per heavy atom. The number of methoxy groups -OCH3 is 1. The van der Waals surface area contributed by atoms with Gasteiger partial charge in [0.05, 0.1) is 17.9 Å². The van der Waals surface area contributed by atoms with E-state index in [0.717, 1.165) is 35.5 Å². The second-order valence-corrected chi connectivity index (χ2v) is 10.2. The smallest absolute Gasteiger partial charge is 0.416 e. The van der Waals surface area contributed by atoms with Gasteiger partial charge in [-0.05, 0) is 79.1 Å². The second kappa shape index (κ2) is 11.4. The number of amides is 2. The van der Waals surface area contributed by atoms with Gasteiger partial charge in [0.2, 0.25) is 5.91 Å². The number of hydrogen-bond donors (Lipinski definition) is 1. The zero-order valence-corrected chi connectivity index (χ0v) is 22.2.